The number of hydrogen-bond donors (Lipinski definition) is 1. The van der Waals surface area contributed by atoms with E-state index in [0.717, 1.165) is 31.4 Å². The lowest BCUT2D eigenvalue weighted by atomic mass is 10.0. The van der Waals surface area contributed by atoms with E-state index in [2.05, 4.69) is 35.8 Å². The summed E-state index contributed by atoms with van der Waals surface area (Å²) >= 11 is 1.69. The van der Waals surface area contributed by atoms with Crippen LogP contribution in [0.5, 0.6) is 0 Å². The zero-order chi connectivity index (χ0) is 19.9. The van der Waals surface area contributed by atoms with Crippen LogP contribution in [0.3, 0.4) is 0 Å². The van der Waals surface area contributed by atoms with Crippen LogP contribution in [0.4, 0.5) is 0 Å². The SMILES string of the molecule is COCCCCC#C/C(=C\C#CCSc1ccccc1)C(O)c1ccccc1. The number of allylic oxidation sites excluding steroid dienone is 1. The van der Waals surface area contributed by atoms with Crippen molar-refractivity contribution < 1.29 is 9.84 Å². The molecule has 2 nitrogen and oxygen atoms in total. The predicted octanol–water partition coefficient (Wildman–Crippen LogP) is 5.26. The molecule has 2 rings (SSSR count). The number of ether oxygens (including phenoxy) is 1. The molecule has 0 aliphatic rings. The number of aliphatic hydroxyl groups is 1. The molecule has 0 heterocycles. The minimum atomic E-state index is -0.760. The van der Waals surface area contributed by atoms with E-state index in [-0.39, 0.29) is 0 Å². The highest BCUT2D eigenvalue weighted by Crippen LogP contribution is 2.20. The average molecular weight is 391 g/mol. The molecule has 0 saturated carbocycles. The monoisotopic (exact) mass is 390 g/mol. The second kappa shape index (κ2) is 13.7. The highest BCUT2D eigenvalue weighted by Gasteiger charge is 2.10. The van der Waals surface area contributed by atoms with Crippen LogP contribution in [-0.4, -0.2) is 24.6 Å². The van der Waals surface area contributed by atoms with Crippen molar-refractivity contribution in [2.24, 2.45) is 0 Å². The van der Waals surface area contributed by atoms with Crippen LogP contribution in [0.25, 0.3) is 0 Å². The lowest BCUT2D eigenvalue weighted by Gasteiger charge is -2.09. The Morgan fingerprint density at radius 1 is 1.04 bits per heavy atom. The Kier molecular flexibility index (Phi) is 10.7. The highest BCUT2D eigenvalue weighted by atomic mass is 32.2. The largest absolute Gasteiger partial charge is 0.385 e. The molecule has 2 aromatic carbocycles. The average Bonchev–Trinajstić information content (AvgIpc) is 2.75. The van der Waals surface area contributed by atoms with Crippen LogP contribution < -0.4 is 0 Å². The molecule has 1 N–H and O–H groups in total. The molecule has 0 spiro atoms. The molecule has 28 heavy (non-hydrogen) atoms. The highest BCUT2D eigenvalue weighted by molar-refractivity contribution is 7.99. The summed E-state index contributed by atoms with van der Waals surface area (Å²) in [6, 6.07) is 19.7. The van der Waals surface area contributed by atoms with Gasteiger partial charge in [-0.2, -0.15) is 0 Å². The van der Waals surface area contributed by atoms with Gasteiger partial charge in [0.1, 0.15) is 6.10 Å². The third-order valence-electron chi connectivity index (χ3n) is 3.93. The maximum Gasteiger partial charge on any atom is 0.112 e. The number of methoxy groups -OCH3 is 1. The number of benzene rings is 2. The molecule has 0 fully saturated rings. The van der Waals surface area contributed by atoms with E-state index in [1.807, 2.05) is 48.5 Å². The van der Waals surface area contributed by atoms with E-state index in [9.17, 15) is 5.11 Å². The third kappa shape index (κ3) is 8.51. The normalized spacial score (nSPS) is 11.7. The van der Waals surface area contributed by atoms with Crippen LogP contribution in [0.1, 0.15) is 30.9 Å². The maximum absolute atomic E-state index is 10.7. The standard InChI is InChI=1S/C25H26O2S/c1-27-20-12-3-2-6-14-23(25(26)22-15-7-4-8-16-22)17-11-13-21-28-24-18-9-5-10-19-24/h4-5,7-10,15-19,25-26H,2-3,12,20-21H2,1H3/b23-17+. The molecule has 1 unspecified atom stereocenters. The smallest absolute Gasteiger partial charge is 0.112 e. The number of thioether (sulfide) groups is 1. The Morgan fingerprint density at radius 2 is 1.75 bits per heavy atom. The van der Waals surface area contributed by atoms with Gasteiger partial charge in [-0.15, -0.1) is 11.8 Å². The van der Waals surface area contributed by atoms with Gasteiger partial charge in [0, 0.05) is 36.7 Å². The summed E-state index contributed by atoms with van der Waals surface area (Å²) in [6.07, 6.45) is 3.73. The van der Waals surface area contributed by atoms with Crippen molar-refractivity contribution in [3.05, 3.63) is 77.9 Å². The van der Waals surface area contributed by atoms with Crippen LogP contribution in [-0.2, 0) is 4.74 Å². The quantitative estimate of drug-likeness (QED) is 0.379. The summed E-state index contributed by atoms with van der Waals surface area (Å²) in [5.41, 5.74) is 1.46. The first-order valence-corrected chi connectivity index (χ1v) is 10.4. The fourth-order valence-corrected chi connectivity index (χ4v) is 3.10. The summed E-state index contributed by atoms with van der Waals surface area (Å²) in [6.45, 7) is 0.752. The van der Waals surface area contributed by atoms with Crippen molar-refractivity contribution in [3.63, 3.8) is 0 Å². The molecular formula is C25H26O2S. The molecule has 1 atom stereocenters. The Bertz CT molecular complexity index is 836. The van der Waals surface area contributed by atoms with Crippen molar-refractivity contribution in [2.75, 3.05) is 19.5 Å². The van der Waals surface area contributed by atoms with E-state index in [1.165, 1.54) is 4.90 Å². The first kappa shape index (κ1) is 21.9. The van der Waals surface area contributed by atoms with Crippen molar-refractivity contribution >= 4 is 11.8 Å². The Labute approximate surface area is 173 Å². The van der Waals surface area contributed by atoms with Gasteiger partial charge < -0.3 is 9.84 Å². The molecule has 0 aliphatic carbocycles. The molecule has 3 heteroatoms. The summed E-state index contributed by atoms with van der Waals surface area (Å²) < 4.78 is 5.05. The minimum absolute atomic E-state index is 0.634. The van der Waals surface area contributed by atoms with E-state index in [1.54, 1.807) is 24.9 Å². The first-order valence-electron chi connectivity index (χ1n) is 9.38. The summed E-state index contributed by atoms with van der Waals surface area (Å²) in [4.78, 5) is 1.20. The molecule has 0 saturated heterocycles. The fraction of sp³-hybridized carbons (Fsp3) is 0.280. The first-order chi connectivity index (χ1) is 13.8. The van der Waals surface area contributed by atoms with Gasteiger partial charge in [-0.1, -0.05) is 72.2 Å². The summed E-state index contributed by atoms with van der Waals surface area (Å²) in [7, 11) is 1.71. The van der Waals surface area contributed by atoms with Gasteiger partial charge >= 0.3 is 0 Å². The predicted molar refractivity (Wildman–Crippen MR) is 118 cm³/mol. The fourth-order valence-electron chi connectivity index (χ4n) is 2.43. The van der Waals surface area contributed by atoms with Gasteiger partial charge in [0.15, 0.2) is 0 Å². The molecule has 0 aliphatic heterocycles. The lowest BCUT2D eigenvalue weighted by Crippen LogP contribution is -2.00. The van der Waals surface area contributed by atoms with Gasteiger partial charge in [-0.3, -0.25) is 0 Å². The molecule has 0 bridgehead atoms. The Hall–Kier alpha value is -2.43. The van der Waals surface area contributed by atoms with Crippen molar-refractivity contribution in [2.45, 2.75) is 30.3 Å². The van der Waals surface area contributed by atoms with Crippen LogP contribution in [0.15, 0.2) is 77.2 Å². The zero-order valence-corrected chi connectivity index (χ0v) is 17.0. The number of aliphatic hydroxyl groups excluding tert-OH is 1. The number of unbranched alkanes of at least 4 members (excludes halogenated alkanes) is 2. The van der Waals surface area contributed by atoms with Crippen molar-refractivity contribution in [1.82, 2.24) is 0 Å². The Balaban J connectivity index is 2.01. The van der Waals surface area contributed by atoms with Gasteiger partial charge in [0.25, 0.3) is 0 Å². The Morgan fingerprint density at radius 3 is 2.46 bits per heavy atom. The number of rotatable bonds is 8. The lowest BCUT2D eigenvalue weighted by molar-refractivity contribution is 0.193. The number of hydrogen-bond acceptors (Lipinski definition) is 3. The van der Waals surface area contributed by atoms with Crippen LogP contribution in [0, 0.1) is 23.7 Å². The zero-order valence-electron chi connectivity index (χ0n) is 16.2. The van der Waals surface area contributed by atoms with Gasteiger partial charge in [-0.05, 0) is 30.5 Å². The molecular weight excluding hydrogens is 364 g/mol. The molecule has 144 valence electrons. The van der Waals surface area contributed by atoms with E-state index >= 15 is 0 Å². The molecule has 0 amide bonds. The van der Waals surface area contributed by atoms with Crippen molar-refractivity contribution in [3.8, 4) is 23.7 Å². The second-order valence-corrected chi connectivity index (χ2v) is 7.14. The topological polar surface area (TPSA) is 29.5 Å². The van der Waals surface area contributed by atoms with Crippen LogP contribution in [0.2, 0.25) is 0 Å². The molecule has 0 radical (unpaired) electrons. The summed E-state index contributed by atoms with van der Waals surface area (Å²) in [5, 5.41) is 10.7. The second-order valence-electron chi connectivity index (χ2n) is 6.09. The molecule has 0 aromatic heterocycles. The van der Waals surface area contributed by atoms with Gasteiger partial charge in [-0.25, -0.2) is 0 Å². The van der Waals surface area contributed by atoms with Gasteiger partial charge in [0.05, 0.1) is 5.75 Å². The minimum Gasteiger partial charge on any atom is -0.385 e. The third-order valence-corrected chi connectivity index (χ3v) is 4.82. The summed E-state index contributed by atoms with van der Waals surface area (Å²) in [5.74, 6) is 13.1. The maximum atomic E-state index is 10.7. The van der Waals surface area contributed by atoms with E-state index in [4.69, 9.17) is 4.74 Å². The van der Waals surface area contributed by atoms with E-state index < -0.39 is 6.10 Å². The van der Waals surface area contributed by atoms with Crippen molar-refractivity contribution in [1.29, 1.82) is 0 Å². The molecule has 2 aromatic rings. The van der Waals surface area contributed by atoms with Crippen LogP contribution >= 0.6 is 11.8 Å². The van der Waals surface area contributed by atoms with Gasteiger partial charge in [0.2, 0.25) is 0 Å². The van der Waals surface area contributed by atoms with E-state index in [0.29, 0.717) is 11.3 Å².